The SMILES string of the molecule is CCc1ccc(C(CC(=O)Cl)C2CC2)cc1. The molecule has 0 amide bonds. The van der Waals surface area contributed by atoms with E-state index in [1.807, 2.05) is 0 Å². The van der Waals surface area contributed by atoms with Crippen molar-refractivity contribution in [3.8, 4) is 0 Å². The van der Waals surface area contributed by atoms with Crippen molar-refractivity contribution in [3.05, 3.63) is 35.4 Å². The Labute approximate surface area is 102 Å². The van der Waals surface area contributed by atoms with Gasteiger partial charge >= 0.3 is 0 Å². The molecule has 1 nitrogen and oxygen atoms in total. The highest BCUT2D eigenvalue weighted by molar-refractivity contribution is 6.63. The number of halogens is 1. The zero-order valence-corrected chi connectivity index (χ0v) is 10.3. The van der Waals surface area contributed by atoms with Crippen molar-refractivity contribution in [2.75, 3.05) is 0 Å². The summed E-state index contributed by atoms with van der Waals surface area (Å²) in [7, 11) is 0. The zero-order valence-electron chi connectivity index (χ0n) is 9.58. The van der Waals surface area contributed by atoms with Crippen LogP contribution in [0.3, 0.4) is 0 Å². The maximum absolute atomic E-state index is 11.0. The van der Waals surface area contributed by atoms with E-state index in [0.717, 1.165) is 6.42 Å². The Hall–Kier alpha value is -0.820. The summed E-state index contributed by atoms with van der Waals surface area (Å²) in [5.74, 6) is 1.02. The Morgan fingerprint density at radius 1 is 1.38 bits per heavy atom. The largest absolute Gasteiger partial charge is 0.281 e. The fraction of sp³-hybridized carbons (Fsp3) is 0.500. The van der Waals surface area contributed by atoms with Gasteiger partial charge in [-0.3, -0.25) is 4.79 Å². The summed E-state index contributed by atoms with van der Waals surface area (Å²) in [6, 6.07) is 8.62. The molecule has 0 heterocycles. The molecule has 0 aliphatic heterocycles. The first-order valence-corrected chi connectivity index (χ1v) is 6.35. The lowest BCUT2D eigenvalue weighted by molar-refractivity contribution is -0.112. The van der Waals surface area contributed by atoms with Crippen LogP contribution in [0.4, 0.5) is 0 Å². The standard InChI is InChI=1S/C14H17ClO/c1-2-10-3-5-11(6-4-10)13(9-14(15)16)12-7-8-12/h3-6,12-13H,2,7-9H2,1H3. The van der Waals surface area contributed by atoms with Crippen LogP contribution in [0.15, 0.2) is 24.3 Å². The van der Waals surface area contributed by atoms with Gasteiger partial charge in [0.15, 0.2) is 0 Å². The highest BCUT2D eigenvalue weighted by atomic mass is 35.5. The molecule has 1 aromatic carbocycles. The molecule has 2 rings (SSSR count). The quantitative estimate of drug-likeness (QED) is 0.709. The van der Waals surface area contributed by atoms with Gasteiger partial charge in [-0.15, -0.1) is 0 Å². The maximum atomic E-state index is 11.0. The summed E-state index contributed by atoms with van der Waals surface area (Å²) in [6.07, 6.45) is 4.02. The molecule has 0 aromatic heterocycles. The fourth-order valence-electron chi connectivity index (χ4n) is 2.23. The Balaban J connectivity index is 2.14. The molecular formula is C14H17ClO. The minimum absolute atomic E-state index is 0.212. The number of hydrogen-bond donors (Lipinski definition) is 0. The summed E-state index contributed by atoms with van der Waals surface area (Å²) in [5, 5.41) is -0.212. The van der Waals surface area contributed by atoms with Crippen LogP contribution >= 0.6 is 11.6 Å². The summed E-state index contributed by atoms with van der Waals surface area (Å²) < 4.78 is 0. The average molecular weight is 237 g/mol. The summed E-state index contributed by atoms with van der Waals surface area (Å²) in [5.41, 5.74) is 2.61. The molecular weight excluding hydrogens is 220 g/mol. The van der Waals surface area contributed by atoms with Gasteiger partial charge in [-0.2, -0.15) is 0 Å². The number of carbonyl (C=O) groups is 1. The molecule has 0 saturated heterocycles. The minimum atomic E-state index is -0.212. The molecule has 1 aliphatic rings. The van der Waals surface area contributed by atoms with Gasteiger partial charge in [-0.05, 0) is 53.8 Å². The third kappa shape index (κ3) is 2.85. The van der Waals surface area contributed by atoms with Crippen LogP contribution in [0.2, 0.25) is 0 Å². The van der Waals surface area contributed by atoms with Crippen molar-refractivity contribution in [3.63, 3.8) is 0 Å². The predicted molar refractivity (Wildman–Crippen MR) is 66.8 cm³/mol. The van der Waals surface area contributed by atoms with Gasteiger partial charge in [0.2, 0.25) is 5.24 Å². The van der Waals surface area contributed by atoms with Gasteiger partial charge in [-0.1, -0.05) is 31.2 Å². The molecule has 1 unspecified atom stereocenters. The monoisotopic (exact) mass is 236 g/mol. The van der Waals surface area contributed by atoms with Crippen LogP contribution < -0.4 is 0 Å². The highest BCUT2D eigenvalue weighted by Crippen LogP contribution is 2.44. The van der Waals surface area contributed by atoms with Crippen molar-refractivity contribution in [1.29, 1.82) is 0 Å². The van der Waals surface area contributed by atoms with Crippen LogP contribution in [-0.4, -0.2) is 5.24 Å². The lowest BCUT2D eigenvalue weighted by Crippen LogP contribution is -2.05. The molecule has 1 aliphatic carbocycles. The van der Waals surface area contributed by atoms with Crippen LogP contribution in [0.1, 0.15) is 43.2 Å². The number of aryl methyl sites for hydroxylation is 1. The van der Waals surface area contributed by atoms with Gasteiger partial charge in [0.05, 0.1) is 0 Å². The molecule has 0 radical (unpaired) electrons. The topological polar surface area (TPSA) is 17.1 Å². The van der Waals surface area contributed by atoms with E-state index in [1.54, 1.807) is 0 Å². The van der Waals surface area contributed by atoms with Crippen LogP contribution in [0.5, 0.6) is 0 Å². The van der Waals surface area contributed by atoms with Crippen molar-refractivity contribution >= 4 is 16.8 Å². The summed E-state index contributed by atoms with van der Waals surface area (Å²) in [4.78, 5) is 11.0. The second kappa shape index (κ2) is 5.01. The second-order valence-corrected chi connectivity index (χ2v) is 5.02. The molecule has 2 heteroatoms. The van der Waals surface area contributed by atoms with Gasteiger partial charge < -0.3 is 0 Å². The molecule has 0 bridgehead atoms. The first-order valence-electron chi connectivity index (χ1n) is 5.98. The van der Waals surface area contributed by atoms with Crippen LogP contribution in [0, 0.1) is 5.92 Å². The average Bonchev–Trinajstić information content (AvgIpc) is 3.10. The highest BCUT2D eigenvalue weighted by Gasteiger charge is 2.33. The van der Waals surface area contributed by atoms with Crippen LogP contribution in [0.25, 0.3) is 0 Å². The van der Waals surface area contributed by atoms with Gasteiger partial charge in [0.25, 0.3) is 0 Å². The van der Waals surface area contributed by atoms with E-state index in [4.69, 9.17) is 11.6 Å². The second-order valence-electron chi connectivity index (χ2n) is 4.60. The predicted octanol–water partition coefficient (Wildman–Crippen LogP) is 3.90. The number of rotatable bonds is 5. The van der Waals surface area contributed by atoms with Crippen molar-refractivity contribution in [2.45, 2.75) is 38.5 Å². The third-order valence-corrected chi connectivity index (χ3v) is 3.54. The smallest absolute Gasteiger partial charge is 0.222 e. The lowest BCUT2D eigenvalue weighted by Gasteiger charge is -2.14. The molecule has 0 N–H and O–H groups in total. The van der Waals surface area contributed by atoms with E-state index < -0.39 is 0 Å². The van der Waals surface area contributed by atoms with E-state index in [1.165, 1.54) is 24.0 Å². The van der Waals surface area contributed by atoms with Crippen molar-refractivity contribution in [2.24, 2.45) is 5.92 Å². The summed E-state index contributed by atoms with van der Waals surface area (Å²) >= 11 is 5.51. The maximum Gasteiger partial charge on any atom is 0.222 e. The normalized spacial score (nSPS) is 17.1. The molecule has 86 valence electrons. The Kier molecular flexibility index (Phi) is 3.65. The Morgan fingerprint density at radius 2 is 2.00 bits per heavy atom. The first-order chi connectivity index (χ1) is 7.70. The molecule has 1 atom stereocenters. The third-order valence-electron chi connectivity index (χ3n) is 3.39. The first kappa shape index (κ1) is 11.7. The molecule has 1 aromatic rings. The fourth-order valence-corrected chi connectivity index (χ4v) is 2.39. The molecule has 1 saturated carbocycles. The van der Waals surface area contributed by atoms with Crippen molar-refractivity contribution in [1.82, 2.24) is 0 Å². The van der Waals surface area contributed by atoms with E-state index in [0.29, 0.717) is 18.3 Å². The van der Waals surface area contributed by atoms with E-state index in [-0.39, 0.29) is 5.24 Å². The minimum Gasteiger partial charge on any atom is -0.281 e. The molecule has 1 fully saturated rings. The lowest BCUT2D eigenvalue weighted by atomic mass is 9.91. The van der Waals surface area contributed by atoms with Gasteiger partial charge in [-0.25, -0.2) is 0 Å². The van der Waals surface area contributed by atoms with Crippen LogP contribution in [-0.2, 0) is 11.2 Å². The number of hydrogen-bond acceptors (Lipinski definition) is 1. The Morgan fingerprint density at radius 3 is 2.44 bits per heavy atom. The number of benzene rings is 1. The van der Waals surface area contributed by atoms with E-state index in [9.17, 15) is 4.79 Å². The van der Waals surface area contributed by atoms with E-state index in [2.05, 4.69) is 31.2 Å². The van der Waals surface area contributed by atoms with Gasteiger partial charge in [0.1, 0.15) is 0 Å². The Bertz CT molecular complexity index is 365. The molecule has 16 heavy (non-hydrogen) atoms. The van der Waals surface area contributed by atoms with Gasteiger partial charge in [0, 0.05) is 6.42 Å². The zero-order chi connectivity index (χ0) is 11.5. The number of carbonyl (C=O) groups excluding carboxylic acids is 1. The molecule has 0 spiro atoms. The summed E-state index contributed by atoms with van der Waals surface area (Å²) in [6.45, 7) is 2.15. The van der Waals surface area contributed by atoms with E-state index >= 15 is 0 Å². The van der Waals surface area contributed by atoms with Crippen molar-refractivity contribution < 1.29 is 4.79 Å².